The monoisotopic (exact) mass is 311 g/mol. The Labute approximate surface area is 139 Å². The number of anilines is 1. The van der Waals surface area contributed by atoms with Crippen LogP contribution in [0.15, 0.2) is 30.5 Å². The van der Waals surface area contributed by atoms with Crippen LogP contribution in [-0.4, -0.2) is 9.78 Å². The maximum absolute atomic E-state index is 6.07. The number of hydrogen-bond donors (Lipinski definition) is 1. The van der Waals surface area contributed by atoms with Crippen molar-refractivity contribution >= 4 is 5.82 Å². The van der Waals surface area contributed by atoms with Crippen molar-refractivity contribution in [3.8, 4) is 11.1 Å². The van der Waals surface area contributed by atoms with Gasteiger partial charge in [0.2, 0.25) is 0 Å². The molecular formula is C20H29N3. The molecule has 1 aliphatic carbocycles. The van der Waals surface area contributed by atoms with Crippen LogP contribution in [0.4, 0.5) is 5.82 Å². The summed E-state index contributed by atoms with van der Waals surface area (Å²) in [6.07, 6.45) is 7.18. The van der Waals surface area contributed by atoms with Crippen LogP contribution in [0, 0.1) is 11.3 Å². The minimum Gasteiger partial charge on any atom is -0.383 e. The Hall–Kier alpha value is -1.77. The van der Waals surface area contributed by atoms with Gasteiger partial charge in [0.25, 0.3) is 0 Å². The number of aromatic nitrogens is 2. The van der Waals surface area contributed by atoms with E-state index in [1.54, 1.807) is 4.68 Å². The molecule has 0 unspecified atom stereocenters. The molecule has 3 heteroatoms. The molecule has 1 aromatic heterocycles. The zero-order valence-electron chi connectivity index (χ0n) is 14.8. The van der Waals surface area contributed by atoms with Gasteiger partial charge in [-0.2, -0.15) is 5.10 Å². The van der Waals surface area contributed by atoms with Gasteiger partial charge >= 0.3 is 0 Å². The van der Waals surface area contributed by atoms with Crippen molar-refractivity contribution in [3.05, 3.63) is 36.0 Å². The molecule has 0 atom stereocenters. The second kappa shape index (κ2) is 6.03. The topological polar surface area (TPSA) is 43.8 Å². The first-order valence-electron chi connectivity index (χ1n) is 8.74. The normalized spacial score (nSPS) is 22.3. The van der Waals surface area contributed by atoms with Crippen LogP contribution >= 0.6 is 0 Å². The van der Waals surface area contributed by atoms with Gasteiger partial charge in [-0.1, -0.05) is 45.0 Å². The van der Waals surface area contributed by atoms with Gasteiger partial charge in [0.1, 0.15) is 5.82 Å². The summed E-state index contributed by atoms with van der Waals surface area (Å²) in [6, 6.07) is 8.95. The van der Waals surface area contributed by atoms with Gasteiger partial charge < -0.3 is 5.73 Å². The molecule has 124 valence electrons. The molecule has 0 bridgehead atoms. The van der Waals surface area contributed by atoms with Gasteiger partial charge in [-0.05, 0) is 54.1 Å². The van der Waals surface area contributed by atoms with Crippen molar-refractivity contribution in [3.63, 3.8) is 0 Å². The molecule has 1 fully saturated rings. The molecular weight excluding hydrogens is 282 g/mol. The Balaban J connectivity index is 1.70. The summed E-state index contributed by atoms with van der Waals surface area (Å²) in [7, 11) is 1.88. The zero-order chi connectivity index (χ0) is 16.6. The molecule has 0 spiro atoms. The molecule has 0 amide bonds. The molecule has 3 rings (SSSR count). The fraction of sp³-hybridized carbons (Fsp3) is 0.550. The lowest BCUT2D eigenvalue weighted by Gasteiger charge is -2.37. The van der Waals surface area contributed by atoms with Crippen LogP contribution < -0.4 is 5.73 Å². The number of aryl methyl sites for hydroxylation is 1. The molecule has 1 aromatic carbocycles. The van der Waals surface area contributed by atoms with Crippen LogP contribution in [0.2, 0.25) is 0 Å². The number of benzene rings is 1. The largest absolute Gasteiger partial charge is 0.383 e. The third-order valence-corrected chi connectivity index (χ3v) is 5.63. The minimum absolute atomic E-state index is 0.451. The summed E-state index contributed by atoms with van der Waals surface area (Å²) < 4.78 is 1.72. The highest BCUT2D eigenvalue weighted by molar-refractivity contribution is 5.73. The number of nitrogen functional groups attached to an aromatic ring is 1. The lowest BCUT2D eigenvalue weighted by Crippen LogP contribution is -2.25. The Morgan fingerprint density at radius 1 is 1.04 bits per heavy atom. The van der Waals surface area contributed by atoms with Crippen molar-refractivity contribution in [2.75, 3.05) is 5.73 Å². The Bertz CT molecular complexity index is 653. The second-order valence-electron chi connectivity index (χ2n) is 8.10. The molecule has 3 nitrogen and oxygen atoms in total. The summed E-state index contributed by atoms with van der Waals surface area (Å²) in [5.41, 5.74) is 10.2. The molecule has 1 aliphatic rings. The van der Waals surface area contributed by atoms with E-state index in [1.165, 1.54) is 31.2 Å². The van der Waals surface area contributed by atoms with E-state index in [4.69, 9.17) is 5.73 Å². The summed E-state index contributed by atoms with van der Waals surface area (Å²) in [5.74, 6) is 2.31. The molecule has 0 saturated heterocycles. The van der Waals surface area contributed by atoms with Crippen LogP contribution in [-0.2, 0) is 7.05 Å². The number of rotatable bonds is 2. The molecule has 2 aromatic rings. The Morgan fingerprint density at radius 3 is 2.13 bits per heavy atom. The fourth-order valence-electron chi connectivity index (χ4n) is 3.90. The van der Waals surface area contributed by atoms with Crippen molar-refractivity contribution in [2.24, 2.45) is 18.4 Å². The molecule has 1 heterocycles. The van der Waals surface area contributed by atoms with Crippen LogP contribution in [0.3, 0.4) is 0 Å². The summed E-state index contributed by atoms with van der Waals surface area (Å²) in [5, 5.41) is 4.23. The molecule has 0 aliphatic heterocycles. The third kappa shape index (κ3) is 3.29. The average Bonchev–Trinajstić information content (AvgIpc) is 2.86. The summed E-state index contributed by atoms with van der Waals surface area (Å²) in [6.45, 7) is 7.14. The van der Waals surface area contributed by atoms with Crippen molar-refractivity contribution in [1.29, 1.82) is 0 Å². The van der Waals surface area contributed by atoms with E-state index in [0.29, 0.717) is 11.3 Å². The van der Waals surface area contributed by atoms with E-state index in [9.17, 15) is 0 Å². The van der Waals surface area contributed by atoms with Gasteiger partial charge in [0.05, 0.1) is 6.20 Å². The minimum atomic E-state index is 0.451. The Morgan fingerprint density at radius 2 is 1.65 bits per heavy atom. The van der Waals surface area contributed by atoms with Crippen LogP contribution in [0.1, 0.15) is 57.9 Å². The number of hydrogen-bond acceptors (Lipinski definition) is 2. The molecule has 2 N–H and O–H groups in total. The average molecular weight is 311 g/mol. The molecule has 0 radical (unpaired) electrons. The Kier molecular flexibility index (Phi) is 4.22. The third-order valence-electron chi connectivity index (χ3n) is 5.63. The molecule has 23 heavy (non-hydrogen) atoms. The lowest BCUT2D eigenvalue weighted by atomic mass is 9.68. The van der Waals surface area contributed by atoms with Gasteiger partial charge in [-0.25, -0.2) is 0 Å². The highest BCUT2D eigenvalue weighted by Gasteiger charge is 2.30. The zero-order valence-corrected chi connectivity index (χ0v) is 14.8. The van der Waals surface area contributed by atoms with Gasteiger partial charge in [0, 0.05) is 12.6 Å². The van der Waals surface area contributed by atoms with Crippen molar-refractivity contribution in [1.82, 2.24) is 9.78 Å². The van der Waals surface area contributed by atoms with Crippen molar-refractivity contribution < 1.29 is 0 Å². The first-order chi connectivity index (χ1) is 10.9. The first-order valence-corrected chi connectivity index (χ1v) is 8.74. The predicted octanol–water partition coefficient (Wildman–Crippen LogP) is 4.99. The van der Waals surface area contributed by atoms with E-state index in [0.717, 1.165) is 22.9 Å². The second-order valence-corrected chi connectivity index (χ2v) is 8.10. The van der Waals surface area contributed by atoms with Gasteiger partial charge in [0.15, 0.2) is 0 Å². The first kappa shape index (κ1) is 16.1. The van der Waals surface area contributed by atoms with E-state index >= 15 is 0 Å². The van der Waals surface area contributed by atoms with Crippen LogP contribution in [0.25, 0.3) is 11.1 Å². The lowest BCUT2D eigenvalue weighted by molar-refractivity contribution is 0.169. The SMILES string of the molecule is Cn1ncc(-c2ccc(C3CCC(C(C)(C)C)CC3)cc2)c1N. The van der Waals surface area contributed by atoms with E-state index < -0.39 is 0 Å². The summed E-state index contributed by atoms with van der Waals surface area (Å²) >= 11 is 0. The number of nitrogens with two attached hydrogens (primary N) is 1. The van der Waals surface area contributed by atoms with Gasteiger partial charge in [-0.15, -0.1) is 0 Å². The van der Waals surface area contributed by atoms with Gasteiger partial charge in [-0.3, -0.25) is 4.68 Å². The quantitative estimate of drug-likeness (QED) is 0.849. The maximum Gasteiger partial charge on any atom is 0.129 e. The van der Waals surface area contributed by atoms with E-state index in [1.807, 2.05) is 13.2 Å². The van der Waals surface area contributed by atoms with Crippen molar-refractivity contribution in [2.45, 2.75) is 52.4 Å². The predicted molar refractivity (Wildman–Crippen MR) is 97.2 cm³/mol. The van der Waals surface area contributed by atoms with E-state index in [-0.39, 0.29) is 0 Å². The summed E-state index contributed by atoms with van der Waals surface area (Å²) in [4.78, 5) is 0. The highest BCUT2D eigenvalue weighted by Crippen LogP contribution is 2.43. The van der Waals surface area contributed by atoms with Crippen LogP contribution in [0.5, 0.6) is 0 Å². The number of nitrogens with zero attached hydrogens (tertiary/aromatic N) is 2. The smallest absolute Gasteiger partial charge is 0.129 e. The maximum atomic E-state index is 6.07. The van der Waals surface area contributed by atoms with E-state index in [2.05, 4.69) is 50.1 Å². The highest BCUT2D eigenvalue weighted by atomic mass is 15.3. The molecule has 1 saturated carbocycles. The standard InChI is InChI=1S/C20H29N3/c1-20(2,3)17-11-9-15(10-12-17)14-5-7-16(8-6-14)18-13-22-23(4)19(18)21/h5-8,13,15,17H,9-12,21H2,1-4H3. The fourth-order valence-corrected chi connectivity index (χ4v) is 3.90.